The Morgan fingerprint density at radius 2 is 2.24 bits per heavy atom. The largest absolute Gasteiger partial charge is 0.330 e. The summed E-state index contributed by atoms with van der Waals surface area (Å²) in [6.07, 6.45) is 3.34. The second-order valence-electron chi connectivity index (χ2n) is 3.41. The lowest BCUT2D eigenvalue weighted by atomic mass is 10.2. The second-order valence-corrected chi connectivity index (χ2v) is 4.31. The third kappa shape index (κ3) is 3.25. The summed E-state index contributed by atoms with van der Waals surface area (Å²) in [5.74, 6) is 0. The van der Waals surface area contributed by atoms with Gasteiger partial charge in [-0.15, -0.1) is 11.3 Å². The van der Waals surface area contributed by atoms with E-state index in [1.807, 2.05) is 25.1 Å². The summed E-state index contributed by atoms with van der Waals surface area (Å²) in [5.41, 5.74) is 0.821. The van der Waals surface area contributed by atoms with Crippen LogP contribution in [0.5, 0.6) is 0 Å². The summed E-state index contributed by atoms with van der Waals surface area (Å²) in [4.78, 5) is 19.8. The summed E-state index contributed by atoms with van der Waals surface area (Å²) in [6.45, 7) is 1.88. The van der Waals surface area contributed by atoms with Crippen LogP contribution in [0.4, 0.5) is 9.93 Å². The number of aromatic nitrogens is 2. The molecule has 88 valence electrons. The lowest BCUT2D eigenvalue weighted by Crippen LogP contribution is -2.31. The van der Waals surface area contributed by atoms with Crippen molar-refractivity contribution in [2.45, 2.75) is 13.0 Å². The Bertz CT molecular complexity index is 471. The molecule has 0 saturated carbocycles. The van der Waals surface area contributed by atoms with Crippen molar-refractivity contribution >= 4 is 22.5 Å². The molecule has 2 N–H and O–H groups in total. The minimum Gasteiger partial charge on any atom is -0.330 e. The highest BCUT2D eigenvalue weighted by atomic mass is 32.1. The number of rotatable bonds is 3. The molecule has 2 rings (SSSR count). The van der Waals surface area contributed by atoms with Crippen LogP contribution in [0.2, 0.25) is 0 Å². The molecule has 1 atom stereocenters. The number of hydrogen-bond donors (Lipinski definition) is 2. The molecule has 2 aromatic rings. The number of urea groups is 1. The van der Waals surface area contributed by atoms with Gasteiger partial charge in [0.25, 0.3) is 0 Å². The smallest absolute Gasteiger partial charge is 0.321 e. The van der Waals surface area contributed by atoms with Gasteiger partial charge >= 0.3 is 6.03 Å². The SMILES string of the molecule is C[C@H](NC(=O)Nc1nccs1)c1ccccn1. The van der Waals surface area contributed by atoms with Gasteiger partial charge in [0.05, 0.1) is 11.7 Å². The van der Waals surface area contributed by atoms with Crippen molar-refractivity contribution in [1.82, 2.24) is 15.3 Å². The lowest BCUT2D eigenvalue weighted by molar-refractivity contribution is 0.249. The Morgan fingerprint density at radius 3 is 2.88 bits per heavy atom. The maximum absolute atomic E-state index is 11.6. The highest BCUT2D eigenvalue weighted by Crippen LogP contribution is 2.11. The molecule has 5 nitrogen and oxygen atoms in total. The Hall–Kier alpha value is -1.95. The van der Waals surface area contributed by atoms with Gasteiger partial charge in [-0.05, 0) is 19.1 Å². The number of nitrogens with zero attached hydrogens (tertiary/aromatic N) is 2. The lowest BCUT2D eigenvalue weighted by Gasteiger charge is -2.12. The van der Waals surface area contributed by atoms with E-state index in [1.54, 1.807) is 17.8 Å². The van der Waals surface area contributed by atoms with Gasteiger partial charge in [0, 0.05) is 17.8 Å². The second kappa shape index (κ2) is 5.40. The van der Waals surface area contributed by atoms with Crippen LogP contribution >= 0.6 is 11.3 Å². The molecule has 2 amide bonds. The monoisotopic (exact) mass is 248 g/mol. The minimum absolute atomic E-state index is 0.142. The standard InChI is InChI=1S/C11H12N4OS/c1-8(9-4-2-3-5-12-9)14-10(16)15-11-13-6-7-17-11/h2-8H,1H3,(H2,13,14,15,16)/t8-/m0/s1. The van der Waals surface area contributed by atoms with Crippen LogP contribution in [0.1, 0.15) is 18.7 Å². The topological polar surface area (TPSA) is 66.9 Å². The van der Waals surface area contributed by atoms with E-state index in [9.17, 15) is 4.79 Å². The van der Waals surface area contributed by atoms with E-state index in [1.165, 1.54) is 11.3 Å². The number of nitrogens with one attached hydrogen (secondary N) is 2. The molecule has 0 aromatic carbocycles. The number of carbonyl (C=O) groups excluding carboxylic acids is 1. The molecular formula is C11H12N4OS. The van der Waals surface area contributed by atoms with E-state index in [-0.39, 0.29) is 12.1 Å². The van der Waals surface area contributed by atoms with Gasteiger partial charge in [0.15, 0.2) is 5.13 Å². The summed E-state index contributed by atoms with van der Waals surface area (Å²) in [5, 5.41) is 7.82. The van der Waals surface area contributed by atoms with Crippen molar-refractivity contribution in [3.8, 4) is 0 Å². The fourth-order valence-corrected chi connectivity index (χ4v) is 1.85. The Balaban J connectivity index is 1.91. The van der Waals surface area contributed by atoms with Crippen molar-refractivity contribution < 1.29 is 4.79 Å². The average molecular weight is 248 g/mol. The summed E-state index contributed by atoms with van der Waals surface area (Å²) >= 11 is 1.38. The van der Waals surface area contributed by atoms with Gasteiger partial charge in [-0.1, -0.05) is 6.07 Å². The van der Waals surface area contributed by atoms with Crippen molar-refractivity contribution in [2.75, 3.05) is 5.32 Å². The number of pyridine rings is 1. The zero-order chi connectivity index (χ0) is 12.1. The summed E-state index contributed by atoms with van der Waals surface area (Å²) in [6, 6.07) is 5.17. The van der Waals surface area contributed by atoms with Crippen molar-refractivity contribution in [3.05, 3.63) is 41.7 Å². The first-order valence-corrected chi connectivity index (χ1v) is 6.01. The third-order valence-electron chi connectivity index (χ3n) is 2.13. The molecule has 2 heterocycles. The van der Waals surface area contributed by atoms with Gasteiger partial charge < -0.3 is 5.32 Å². The number of thiazole rings is 1. The maximum atomic E-state index is 11.6. The molecule has 0 saturated heterocycles. The molecule has 0 aliphatic heterocycles. The van der Waals surface area contributed by atoms with E-state index >= 15 is 0 Å². The number of carbonyl (C=O) groups is 1. The fraction of sp³-hybridized carbons (Fsp3) is 0.182. The Morgan fingerprint density at radius 1 is 1.35 bits per heavy atom. The summed E-state index contributed by atoms with van der Waals surface area (Å²) < 4.78 is 0. The van der Waals surface area contributed by atoms with Crippen molar-refractivity contribution in [1.29, 1.82) is 0 Å². The zero-order valence-electron chi connectivity index (χ0n) is 9.25. The Labute approximate surface area is 103 Å². The summed E-state index contributed by atoms with van der Waals surface area (Å²) in [7, 11) is 0. The molecule has 0 aliphatic carbocycles. The highest BCUT2D eigenvalue weighted by Gasteiger charge is 2.10. The van der Waals surface area contributed by atoms with Crippen molar-refractivity contribution in [2.24, 2.45) is 0 Å². The normalized spacial score (nSPS) is 11.8. The first-order valence-electron chi connectivity index (χ1n) is 5.13. The third-order valence-corrected chi connectivity index (χ3v) is 2.82. The molecule has 17 heavy (non-hydrogen) atoms. The van der Waals surface area contributed by atoms with Crippen LogP contribution in [0.3, 0.4) is 0 Å². The molecule has 2 aromatic heterocycles. The molecule has 0 unspecified atom stereocenters. The number of hydrogen-bond acceptors (Lipinski definition) is 4. The van der Waals surface area contributed by atoms with E-state index in [4.69, 9.17) is 0 Å². The molecular weight excluding hydrogens is 236 g/mol. The molecule has 6 heteroatoms. The van der Waals surface area contributed by atoms with Crippen LogP contribution in [-0.4, -0.2) is 16.0 Å². The quantitative estimate of drug-likeness (QED) is 0.876. The van der Waals surface area contributed by atoms with Gasteiger partial charge in [-0.25, -0.2) is 9.78 Å². The average Bonchev–Trinajstić information content (AvgIpc) is 2.82. The van der Waals surface area contributed by atoms with Gasteiger partial charge in [0.1, 0.15) is 0 Å². The molecule has 0 aliphatic rings. The first-order chi connectivity index (χ1) is 8.25. The maximum Gasteiger partial charge on any atom is 0.321 e. The van der Waals surface area contributed by atoms with E-state index in [0.717, 1.165) is 5.69 Å². The van der Waals surface area contributed by atoms with Crippen LogP contribution in [0, 0.1) is 0 Å². The van der Waals surface area contributed by atoms with E-state index in [0.29, 0.717) is 5.13 Å². The zero-order valence-corrected chi connectivity index (χ0v) is 10.1. The predicted molar refractivity (Wildman–Crippen MR) is 66.9 cm³/mol. The first kappa shape index (κ1) is 11.5. The molecule has 0 fully saturated rings. The highest BCUT2D eigenvalue weighted by molar-refractivity contribution is 7.13. The van der Waals surface area contributed by atoms with E-state index < -0.39 is 0 Å². The van der Waals surface area contributed by atoms with Gasteiger partial charge in [-0.3, -0.25) is 10.3 Å². The Kier molecular flexibility index (Phi) is 3.66. The van der Waals surface area contributed by atoms with Crippen LogP contribution < -0.4 is 10.6 Å². The molecule has 0 spiro atoms. The van der Waals surface area contributed by atoms with E-state index in [2.05, 4.69) is 20.6 Å². The van der Waals surface area contributed by atoms with Crippen LogP contribution in [0.15, 0.2) is 36.0 Å². The van der Waals surface area contributed by atoms with Gasteiger partial charge in [0.2, 0.25) is 0 Å². The number of amides is 2. The fourth-order valence-electron chi connectivity index (χ4n) is 1.32. The molecule has 0 bridgehead atoms. The van der Waals surface area contributed by atoms with Gasteiger partial charge in [-0.2, -0.15) is 0 Å². The molecule has 0 radical (unpaired) electrons. The van der Waals surface area contributed by atoms with Crippen molar-refractivity contribution in [3.63, 3.8) is 0 Å². The predicted octanol–water partition coefficient (Wildman–Crippen LogP) is 2.42. The van der Waals surface area contributed by atoms with Crippen LogP contribution in [-0.2, 0) is 0 Å². The minimum atomic E-state index is -0.280. The number of anilines is 1. The van der Waals surface area contributed by atoms with Crippen LogP contribution in [0.25, 0.3) is 0 Å².